The fraction of sp³-hybridized carbons (Fsp3) is 0.600. The molecule has 1 aliphatic heterocycles. The first kappa shape index (κ1) is 11.7. The van der Waals surface area contributed by atoms with Gasteiger partial charge in [-0.25, -0.2) is 0 Å². The first-order chi connectivity index (χ1) is 7.56. The molecule has 1 fully saturated rings. The van der Waals surface area contributed by atoms with Crippen LogP contribution >= 0.6 is 0 Å². The molecule has 0 spiro atoms. The number of hydrogen-bond acceptors (Lipinski definition) is 1. The zero-order valence-electron chi connectivity index (χ0n) is 10.9. The zero-order valence-corrected chi connectivity index (χ0v) is 10.9. The van der Waals surface area contributed by atoms with E-state index in [4.69, 9.17) is 0 Å². The van der Waals surface area contributed by atoms with Crippen LogP contribution < -0.4 is 5.32 Å². The summed E-state index contributed by atoms with van der Waals surface area (Å²) in [6.07, 6.45) is 2.57. The predicted molar refractivity (Wildman–Crippen MR) is 69.7 cm³/mol. The van der Waals surface area contributed by atoms with Crippen molar-refractivity contribution >= 4 is 0 Å². The van der Waals surface area contributed by atoms with E-state index in [2.05, 4.69) is 51.2 Å². The van der Waals surface area contributed by atoms with E-state index in [0.717, 1.165) is 6.54 Å². The predicted octanol–water partition coefficient (Wildman–Crippen LogP) is 3.54. The molecule has 1 unspecified atom stereocenters. The zero-order chi connectivity index (χ0) is 11.8. The summed E-state index contributed by atoms with van der Waals surface area (Å²) < 4.78 is 0. The Morgan fingerprint density at radius 2 is 1.94 bits per heavy atom. The standard InChI is InChI=1S/C15H23N/c1-11(2)15(8-5-9-16-15)14-7-6-12(3)13(4)10-14/h6-7,10-11,16H,5,8-9H2,1-4H3. The Balaban J connectivity index is 2.43. The van der Waals surface area contributed by atoms with Gasteiger partial charge >= 0.3 is 0 Å². The summed E-state index contributed by atoms with van der Waals surface area (Å²) in [7, 11) is 0. The maximum absolute atomic E-state index is 3.73. The molecule has 0 bridgehead atoms. The highest BCUT2D eigenvalue weighted by Crippen LogP contribution is 2.38. The molecule has 16 heavy (non-hydrogen) atoms. The second-order valence-corrected chi connectivity index (χ2v) is 5.46. The summed E-state index contributed by atoms with van der Waals surface area (Å²) in [6.45, 7) is 10.2. The van der Waals surface area contributed by atoms with Crippen LogP contribution in [0.1, 0.15) is 43.4 Å². The van der Waals surface area contributed by atoms with Gasteiger partial charge in [-0.05, 0) is 55.8 Å². The van der Waals surface area contributed by atoms with Gasteiger partial charge in [-0.1, -0.05) is 32.0 Å². The lowest BCUT2D eigenvalue weighted by molar-refractivity contribution is 0.277. The minimum atomic E-state index is 0.221. The minimum Gasteiger partial charge on any atom is -0.307 e. The minimum absolute atomic E-state index is 0.221. The molecule has 1 N–H and O–H groups in total. The summed E-state index contributed by atoms with van der Waals surface area (Å²) in [5.41, 5.74) is 4.49. The molecule has 1 aromatic carbocycles. The van der Waals surface area contributed by atoms with E-state index in [9.17, 15) is 0 Å². The topological polar surface area (TPSA) is 12.0 Å². The SMILES string of the molecule is Cc1ccc(C2(C(C)C)CCCN2)cc1C. The van der Waals surface area contributed by atoms with Crippen molar-refractivity contribution in [3.05, 3.63) is 34.9 Å². The molecular weight excluding hydrogens is 194 g/mol. The van der Waals surface area contributed by atoms with Crippen LogP contribution in [0, 0.1) is 19.8 Å². The van der Waals surface area contributed by atoms with Crippen molar-refractivity contribution in [1.82, 2.24) is 5.32 Å². The number of nitrogens with one attached hydrogen (secondary N) is 1. The maximum Gasteiger partial charge on any atom is 0.0458 e. The number of benzene rings is 1. The quantitative estimate of drug-likeness (QED) is 0.799. The molecule has 0 amide bonds. The Hall–Kier alpha value is -0.820. The molecule has 0 radical (unpaired) electrons. The molecular formula is C15H23N. The summed E-state index contributed by atoms with van der Waals surface area (Å²) in [4.78, 5) is 0. The van der Waals surface area contributed by atoms with Crippen molar-refractivity contribution in [3.8, 4) is 0 Å². The van der Waals surface area contributed by atoms with Gasteiger partial charge in [-0.2, -0.15) is 0 Å². The Bertz CT molecular complexity index is 373. The third-order valence-corrected chi connectivity index (χ3v) is 4.20. The van der Waals surface area contributed by atoms with Gasteiger partial charge in [0.25, 0.3) is 0 Å². The Morgan fingerprint density at radius 1 is 1.19 bits per heavy atom. The van der Waals surface area contributed by atoms with Gasteiger partial charge in [0.1, 0.15) is 0 Å². The van der Waals surface area contributed by atoms with E-state index in [1.165, 1.54) is 29.5 Å². The van der Waals surface area contributed by atoms with Crippen LogP contribution in [0.15, 0.2) is 18.2 Å². The lowest BCUT2D eigenvalue weighted by atomic mass is 9.78. The van der Waals surface area contributed by atoms with Crippen LogP contribution in [0.25, 0.3) is 0 Å². The smallest absolute Gasteiger partial charge is 0.0458 e. The van der Waals surface area contributed by atoms with Gasteiger partial charge in [0, 0.05) is 5.54 Å². The van der Waals surface area contributed by atoms with Crippen LogP contribution in [0.2, 0.25) is 0 Å². The van der Waals surface area contributed by atoms with Crippen molar-refractivity contribution in [2.24, 2.45) is 5.92 Å². The van der Waals surface area contributed by atoms with Gasteiger partial charge in [0.05, 0.1) is 0 Å². The highest BCUT2D eigenvalue weighted by Gasteiger charge is 2.38. The lowest BCUT2D eigenvalue weighted by Gasteiger charge is -2.35. The van der Waals surface area contributed by atoms with Crippen LogP contribution in [-0.2, 0) is 5.54 Å². The molecule has 0 aromatic heterocycles. The van der Waals surface area contributed by atoms with Crippen molar-refractivity contribution in [1.29, 1.82) is 0 Å². The fourth-order valence-corrected chi connectivity index (χ4v) is 2.86. The number of rotatable bonds is 2. The van der Waals surface area contributed by atoms with E-state index in [0.29, 0.717) is 5.92 Å². The van der Waals surface area contributed by atoms with Crippen molar-refractivity contribution in [2.45, 2.75) is 46.1 Å². The van der Waals surface area contributed by atoms with Crippen LogP contribution in [0.3, 0.4) is 0 Å². The molecule has 2 rings (SSSR count). The average molecular weight is 217 g/mol. The van der Waals surface area contributed by atoms with Gasteiger partial charge < -0.3 is 5.32 Å². The van der Waals surface area contributed by atoms with Crippen LogP contribution in [0.4, 0.5) is 0 Å². The average Bonchev–Trinajstić information content (AvgIpc) is 2.72. The molecule has 1 atom stereocenters. The first-order valence-electron chi connectivity index (χ1n) is 6.39. The largest absolute Gasteiger partial charge is 0.307 e. The summed E-state index contributed by atoms with van der Waals surface area (Å²) in [5, 5.41) is 3.73. The van der Waals surface area contributed by atoms with Gasteiger partial charge in [0.15, 0.2) is 0 Å². The van der Waals surface area contributed by atoms with Crippen LogP contribution in [0.5, 0.6) is 0 Å². The molecule has 1 aromatic rings. The van der Waals surface area contributed by atoms with Crippen LogP contribution in [-0.4, -0.2) is 6.54 Å². The van der Waals surface area contributed by atoms with E-state index in [-0.39, 0.29) is 5.54 Å². The highest BCUT2D eigenvalue weighted by molar-refractivity contribution is 5.35. The summed E-state index contributed by atoms with van der Waals surface area (Å²) in [6, 6.07) is 6.93. The summed E-state index contributed by atoms with van der Waals surface area (Å²) >= 11 is 0. The van der Waals surface area contributed by atoms with Crippen molar-refractivity contribution in [2.75, 3.05) is 6.54 Å². The molecule has 0 aliphatic carbocycles. The Labute approximate surface area is 99.3 Å². The molecule has 1 heterocycles. The first-order valence-corrected chi connectivity index (χ1v) is 6.39. The van der Waals surface area contributed by atoms with Gasteiger partial charge in [-0.15, -0.1) is 0 Å². The summed E-state index contributed by atoms with van der Waals surface area (Å²) in [5.74, 6) is 0.650. The molecule has 88 valence electrons. The molecule has 1 heteroatoms. The third-order valence-electron chi connectivity index (χ3n) is 4.20. The van der Waals surface area contributed by atoms with E-state index in [1.807, 2.05) is 0 Å². The normalized spacial score (nSPS) is 25.3. The molecule has 1 aliphatic rings. The van der Waals surface area contributed by atoms with E-state index >= 15 is 0 Å². The van der Waals surface area contributed by atoms with Crippen molar-refractivity contribution in [3.63, 3.8) is 0 Å². The number of hydrogen-bond donors (Lipinski definition) is 1. The molecule has 1 nitrogen and oxygen atoms in total. The Kier molecular flexibility index (Phi) is 3.07. The monoisotopic (exact) mass is 217 g/mol. The van der Waals surface area contributed by atoms with Crippen molar-refractivity contribution < 1.29 is 0 Å². The molecule has 0 saturated carbocycles. The highest BCUT2D eigenvalue weighted by atomic mass is 15.0. The second kappa shape index (κ2) is 4.21. The van der Waals surface area contributed by atoms with E-state index in [1.54, 1.807) is 0 Å². The van der Waals surface area contributed by atoms with E-state index < -0.39 is 0 Å². The third kappa shape index (κ3) is 1.78. The Morgan fingerprint density at radius 3 is 2.44 bits per heavy atom. The lowest BCUT2D eigenvalue weighted by Crippen LogP contribution is -2.41. The fourth-order valence-electron chi connectivity index (χ4n) is 2.86. The molecule has 1 saturated heterocycles. The number of aryl methyl sites for hydroxylation is 2. The van der Waals surface area contributed by atoms with Gasteiger partial charge in [0.2, 0.25) is 0 Å². The second-order valence-electron chi connectivity index (χ2n) is 5.46. The van der Waals surface area contributed by atoms with Gasteiger partial charge in [-0.3, -0.25) is 0 Å². The maximum atomic E-state index is 3.73.